The minimum atomic E-state index is -0.533. The van der Waals surface area contributed by atoms with Crippen LogP contribution in [0.25, 0.3) is 0 Å². The molecule has 70 valence electrons. The van der Waals surface area contributed by atoms with Gasteiger partial charge in [-0.05, 0) is 11.4 Å². The van der Waals surface area contributed by atoms with Crippen LogP contribution in [0.1, 0.15) is 10.4 Å². The van der Waals surface area contributed by atoms with Crippen LogP contribution < -0.4 is 5.73 Å². The van der Waals surface area contributed by atoms with Crippen LogP contribution in [0.4, 0.5) is 0 Å². The van der Waals surface area contributed by atoms with E-state index in [0.29, 0.717) is 5.56 Å². The van der Waals surface area contributed by atoms with Gasteiger partial charge < -0.3 is 10.6 Å². The topological polar surface area (TPSA) is 64.7 Å². The second-order valence-corrected chi connectivity index (χ2v) is 3.15. The van der Waals surface area contributed by atoms with Gasteiger partial charge in [0.05, 0.1) is 11.4 Å². The Labute approximate surface area is 83.9 Å². The minimum absolute atomic E-state index is 0.0386. The molecule has 0 saturated heterocycles. The lowest BCUT2D eigenvalue weighted by molar-refractivity contribution is 0.0516. The number of amidine groups is 1. The van der Waals surface area contributed by atoms with Crippen molar-refractivity contribution in [2.75, 3.05) is 5.88 Å². The van der Waals surface area contributed by atoms with Crippen molar-refractivity contribution in [3.05, 3.63) is 22.4 Å². The standard InChI is InChI=1S/C7H7ClN2O2S/c8-3-6(9)10-12-7(11)5-1-2-13-4-5/h1-2,4H,3H2,(H2,9,10). The Hall–Kier alpha value is -1.07. The summed E-state index contributed by atoms with van der Waals surface area (Å²) in [4.78, 5) is 15.6. The third-order valence-corrected chi connectivity index (χ3v) is 2.10. The lowest BCUT2D eigenvalue weighted by Gasteiger charge is -1.94. The van der Waals surface area contributed by atoms with E-state index in [4.69, 9.17) is 17.3 Å². The van der Waals surface area contributed by atoms with Gasteiger partial charge in [0.2, 0.25) is 0 Å². The van der Waals surface area contributed by atoms with Gasteiger partial charge in [-0.15, -0.1) is 11.6 Å². The molecule has 1 heterocycles. The molecule has 0 amide bonds. The van der Waals surface area contributed by atoms with Crippen molar-refractivity contribution in [2.24, 2.45) is 10.9 Å². The van der Waals surface area contributed by atoms with Crippen molar-refractivity contribution in [1.82, 2.24) is 0 Å². The van der Waals surface area contributed by atoms with Crippen LogP contribution in [-0.2, 0) is 4.84 Å². The molecule has 0 aliphatic heterocycles. The molecule has 1 aromatic heterocycles. The van der Waals surface area contributed by atoms with Crippen LogP contribution in [0.3, 0.4) is 0 Å². The van der Waals surface area contributed by atoms with Gasteiger partial charge >= 0.3 is 5.97 Å². The fourth-order valence-corrected chi connectivity index (χ4v) is 1.23. The molecule has 0 fully saturated rings. The van der Waals surface area contributed by atoms with Gasteiger partial charge in [0.15, 0.2) is 5.84 Å². The zero-order valence-electron chi connectivity index (χ0n) is 6.57. The van der Waals surface area contributed by atoms with Crippen LogP contribution in [0.5, 0.6) is 0 Å². The smallest absolute Gasteiger partial charge is 0.366 e. The Bertz CT molecular complexity index is 310. The van der Waals surface area contributed by atoms with Crippen LogP contribution in [0.15, 0.2) is 22.0 Å². The van der Waals surface area contributed by atoms with Crippen LogP contribution in [-0.4, -0.2) is 17.7 Å². The van der Waals surface area contributed by atoms with Gasteiger partial charge in [-0.2, -0.15) is 11.3 Å². The first-order chi connectivity index (χ1) is 6.24. The summed E-state index contributed by atoms with van der Waals surface area (Å²) in [6, 6.07) is 1.64. The first kappa shape index (κ1) is 10.0. The molecule has 0 saturated carbocycles. The summed E-state index contributed by atoms with van der Waals surface area (Å²) in [6.45, 7) is 0. The number of nitrogens with two attached hydrogens (primary N) is 1. The van der Waals surface area contributed by atoms with E-state index >= 15 is 0 Å². The Morgan fingerprint density at radius 2 is 2.54 bits per heavy atom. The van der Waals surface area contributed by atoms with Gasteiger partial charge in [0, 0.05) is 5.38 Å². The summed E-state index contributed by atoms with van der Waals surface area (Å²) in [7, 11) is 0. The quantitative estimate of drug-likeness (QED) is 0.274. The van der Waals surface area contributed by atoms with Crippen molar-refractivity contribution in [3.63, 3.8) is 0 Å². The first-order valence-corrected chi connectivity index (χ1v) is 4.83. The minimum Gasteiger partial charge on any atom is -0.383 e. The normalized spacial score (nSPS) is 11.3. The molecular formula is C7H7ClN2O2S. The molecule has 6 heteroatoms. The van der Waals surface area contributed by atoms with E-state index in [1.807, 2.05) is 0 Å². The Kier molecular flexibility index (Phi) is 3.72. The maximum atomic E-state index is 11.1. The SMILES string of the molecule is N/C(CCl)=N\OC(=O)c1ccsc1. The molecule has 0 aromatic carbocycles. The molecule has 0 unspecified atom stereocenters. The fraction of sp³-hybridized carbons (Fsp3) is 0.143. The Morgan fingerprint density at radius 1 is 1.77 bits per heavy atom. The summed E-state index contributed by atoms with van der Waals surface area (Å²) in [5.41, 5.74) is 5.67. The van der Waals surface area contributed by atoms with Crippen molar-refractivity contribution in [2.45, 2.75) is 0 Å². The molecule has 0 radical (unpaired) electrons. The van der Waals surface area contributed by atoms with E-state index in [-0.39, 0.29) is 11.7 Å². The summed E-state index contributed by atoms with van der Waals surface area (Å²) in [5, 5.41) is 6.75. The van der Waals surface area contributed by atoms with E-state index < -0.39 is 5.97 Å². The van der Waals surface area contributed by atoms with Gasteiger partial charge in [0.1, 0.15) is 0 Å². The van der Waals surface area contributed by atoms with E-state index in [1.165, 1.54) is 11.3 Å². The Balaban J connectivity index is 2.52. The van der Waals surface area contributed by atoms with Crippen molar-refractivity contribution >= 4 is 34.7 Å². The highest BCUT2D eigenvalue weighted by atomic mass is 35.5. The third kappa shape index (κ3) is 3.04. The molecule has 0 bridgehead atoms. The maximum absolute atomic E-state index is 11.1. The largest absolute Gasteiger partial charge is 0.383 e. The van der Waals surface area contributed by atoms with Crippen molar-refractivity contribution in [1.29, 1.82) is 0 Å². The summed E-state index contributed by atoms with van der Waals surface area (Å²) >= 11 is 6.72. The maximum Gasteiger partial charge on any atom is 0.366 e. The number of thiophene rings is 1. The van der Waals surface area contributed by atoms with Crippen molar-refractivity contribution < 1.29 is 9.63 Å². The van der Waals surface area contributed by atoms with Crippen LogP contribution >= 0.6 is 22.9 Å². The molecule has 0 atom stereocenters. The van der Waals surface area contributed by atoms with Gasteiger partial charge in [0.25, 0.3) is 0 Å². The highest BCUT2D eigenvalue weighted by molar-refractivity contribution is 7.08. The van der Waals surface area contributed by atoms with Crippen molar-refractivity contribution in [3.8, 4) is 0 Å². The number of alkyl halides is 1. The van der Waals surface area contributed by atoms with Gasteiger partial charge in [-0.3, -0.25) is 0 Å². The van der Waals surface area contributed by atoms with E-state index in [0.717, 1.165) is 0 Å². The summed E-state index contributed by atoms with van der Waals surface area (Å²) in [6.07, 6.45) is 0. The second kappa shape index (κ2) is 4.84. The summed E-state index contributed by atoms with van der Waals surface area (Å²) < 4.78 is 0. The van der Waals surface area contributed by atoms with Crippen LogP contribution in [0.2, 0.25) is 0 Å². The molecule has 2 N–H and O–H groups in total. The molecule has 4 nitrogen and oxygen atoms in total. The van der Waals surface area contributed by atoms with Gasteiger partial charge in [-0.25, -0.2) is 4.79 Å². The first-order valence-electron chi connectivity index (χ1n) is 3.36. The molecule has 0 aliphatic carbocycles. The third-order valence-electron chi connectivity index (χ3n) is 1.14. The number of carbonyl (C=O) groups excluding carboxylic acids is 1. The second-order valence-electron chi connectivity index (χ2n) is 2.11. The number of nitrogens with zero attached hydrogens (tertiary/aromatic N) is 1. The fourth-order valence-electron chi connectivity index (χ4n) is 0.558. The Morgan fingerprint density at radius 3 is 3.08 bits per heavy atom. The monoisotopic (exact) mass is 218 g/mol. The van der Waals surface area contributed by atoms with Crippen LogP contribution in [0, 0.1) is 0 Å². The average Bonchev–Trinajstić information content (AvgIpc) is 2.66. The molecule has 1 rings (SSSR count). The number of hydrogen-bond donors (Lipinski definition) is 1. The number of rotatable bonds is 3. The molecule has 0 spiro atoms. The van der Waals surface area contributed by atoms with E-state index in [2.05, 4.69) is 9.99 Å². The van der Waals surface area contributed by atoms with E-state index in [9.17, 15) is 4.79 Å². The number of carbonyl (C=O) groups is 1. The summed E-state index contributed by atoms with van der Waals surface area (Å²) in [5.74, 6) is -0.420. The lowest BCUT2D eigenvalue weighted by Crippen LogP contribution is -2.14. The lowest BCUT2D eigenvalue weighted by atomic mass is 10.4. The number of hydrogen-bond acceptors (Lipinski definition) is 4. The molecule has 0 aliphatic rings. The zero-order chi connectivity index (χ0) is 9.68. The number of halogens is 1. The predicted molar refractivity (Wildman–Crippen MR) is 52.1 cm³/mol. The van der Waals surface area contributed by atoms with E-state index in [1.54, 1.807) is 16.8 Å². The molecular weight excluding hydrogens is 212 g/mol. The predicted octanol–water partition coefficient (Wildman–Crippen LogP) is 1.42. The highest BCUT2D eigenvalue weighted by Gasteiger charge is 2.06. The zero-order valence-corrected chi connectivity index (χ0v) is 8.14. The molecule has 13 heavy (non-hydrogen) atoms. The number of oxime groups is 1. The highest BCUT2D eigenvalue weighted by Crippen LogP contribution is 2.07. The molecule has 1 aromatic rings. The average molecular weight is 219 g/mol. The van der Waals surface area contributed by atoms with Gasteiger partial charge in [-0.1, -0.05) is 5.16 Å².